The molecule has 1 fully saturated rings. The molecule has 0 aromatic heterocycles. The fourth-order valence-electron chi connectivity index (χ4n) is 3.32. The monoisotopic (exact) mass is 360 g/mol. The van der Waals surface area contributed by atoms with E-state index in [9.17, 15) is 9.59 Å². The summed E-state index contributed by atoms with van der Waals surface area (Å²) in [6, 6.07) is 8.50. The molecule has 1 heterocycles. The molecule has 1 N–H and O–H groups in total. The lowest BCUT2D eigenvalue weighted by Crippen LogP contribution is -2.43. The van der Waals surface area contributed by atoms with Crippen molar-refractivity contribution in [1.82, 2.24) is 10.2 Å². The van der Waals surface area contributed by atoms with Gasteiger partial charge in [0.2, 0.25) is 11.8 Å². The quantitative estimate of drug-likeness (QED) is 0.689. The Morgan fingerprint density at radius 1 is 1.15 bits per heavy atom. The number of methoxy groups -OCH3 is 1. The Morgan fingerprint density at radius 3 is 2.50 bits per heavy atom. The molecule has 1 saturated heterocycles. The highest BCUT2D eigenvalue weighted by molar-refractivity contribution is 5.80. The number of piperidine rings is 1. The molecule has 0 aliphatic carbocycles. The second-order valence-corrected chi connectivity index (χ2v) is 7.13. The van der Waals surface area contributed by atoms with E-state index in [1.807, 2.05) is 4.90 Å². The fourth-order valence-corrected chi connectivity index (χ4v) is 3.32. The van der Waals surface area contributed by atoms with Gasteiger partial charge < -0.3 is 15.0 Å². The van der Waals surface area contributed by atoms with E-state index in [0.717, 1.165) is 32.1 Å². The molecule has 0 bridgehead atoms. The van der Waals surface area contributed by atoms with E-state index in [-0.39, 0.29) is 17.7 Å². The number of aryl methyl sites for hydroxylation is 2. The first-order chi connectivity index (χ1) is 12.6. The Hall–Kier alpha value is -1.88. The van der Waals surface area contributed by atoms with E-state index < -0.39 is 0 Å². The van der Waals surface area contributed by atoms with Gasteiger partial charge in [0.05, 0.1) is 0 Å². The minimum atomic E-state index is 0.0363. The molecule has 144 valence electrons. The highest BCUT2D eigenvalue weighted by Gasteiger charge is 2.26. The molecule has 0 atom stereocenters. The zero-order valence-corrected chi connectivity index (χ0v) is 16.1. The Kier molecular flexibility index (Phi) is 8.62. The van der Waals surface area contributed by atoms with E-state index in [2.05, 4.69) is 36.5 Å². The van der Waals surface area contributed by atoms with Gasteiger partial charge >= 0.3 is 0 Å². The number of hydrogen-bond donors (Lipinski definition) is 1. The lowest BCUT2D eigenvalue weighted by Gasteiger charge is -2.31. The summed E-state index contributed by atoms with van der Waals surface area (Å²) in [5, 5.41) is 2.97. The second kappa shape index (κ2) is 11.0. The summed E-state index contributed by atoms with van der Waals surface area (Å²) in [5.74, 6) is 0.373. The summed E-state index contributed by atoms with van der Waals surface area (Å²) in [7, 11) is 1.66. The molecule has 1 aromatic carbocycles. The van der Waals surface area contributed by atoms with E-state index in [1.54, 1.807) is 7.11 Å². The summed E-state index contributed by atoms with van der Waals surface area (Å²) in [6.45, 7) is 4.79. The minimum Gasteiger partial charge on any atom is -0.385 e. The average molecular weight is 360 g/mol. The van der Waals surface area contributed by atoms with Crippen LogP contribution in [0.3, 0.4) is 0 Å². The molecule has 0 radical (unpaired) electrons. The zero-order chi connectivity index (χ0) is 18.8. The predicted molar refractivity (Wildman–Crippen MR) is 103 cm³/mol. The number of rotatable bonds is 9. The first-order valence-electron chi connectivity index (χ1n) is 9.70. The largest absolute Gasteiger partial charge is 0.385 e. The molecule has 0 saturated carbocycles. The van der Waals surface area contributed by atoms with Crippen LogP contribution in [0.25, 0.3) is 0 Å². The van der Waals surface area contributed by atoms with Gasteiger partial charge in [-0.1, -0.05) is 29.8 Å². The lowest BCUT2D eigenvalue weighted by atomic mass is 9.95. The third kappa shape index (κ3) is 6.79. The van der Waals surface area contributed by atoms with Crippen LogP contribution in [0.2, 0.25) is 0 Å². The molecule has 1 aliphatic rings. The van der Waals surface area contributed by atoms with Crippen LogP contribution in [0.4, 0.5) is 0 Å². The van der Waals surface area contributed by atoms with Gasteiger partial charge in [0.1, 0.15) is 0 Å². The van der Waals surface area contributed by atoms with Crippen molar-refractivity contribution in [3.63, 3.8) is 0 Å². The fraction of sp³-hybridized carbons (Fsp3) is 0.619. The molecule has 0 unspecified atom stereocenters. The number of amides is 2. The maximum atomic E-state index is 12.4. The smallest absolute Gasteiger partial charge is 0.223 e. The number of nitrogens with one attached hydrogen (secondary N) is 1. The van der Waals surface area contributed by atoms with Crippen LogP contribution < -0.4 is 5.32 Å². The maximum absolute atomic E-state index is 12.4. The van der Waals surface area contributed by atoms with Crippen molar-refractivity contribution in [3.8, 4) is 0 Å². The summed E-state index contributed by atoms with van der Waals surface area (Å²) < 4.78 is 4.98. The first kappa shape index (κ1) is 20.4. The maximum Gasteiger partial charge on any atom is 0.223 e. The van der Waals surface area contributed by atoms with Crippen LogP contribution in [0.1, 0.15) is 43.2 Å². The van der Waals surface area contributed by atoms with Gasteiger partial charge in [-0.2, -0.15) is 0 Å². The van der Waals surface area contributed by atoms with Gasteiger partial charge in [-0.05, 0) is 44.6 Å². The first-order valence-corrected chi connectivity index (χ1v) is 9.70. The molecule has 1 aromatic rings. The Morgan fingerprint density at radius 2 is 1.85 bits per heavy atom. The minimum absolute atomic E-state index is 0.0363. The summed E-state index contributed by atoms with van der Waals surface area (Å²) in [6.07, 6.45) is 4.76. The number of carbonyl (C=O) groups is 2. The Labute approximate surface area is 157 Å². The van der Waals surface area contributed by atoms with Crippen LogP contribution in [-0.4, -0.2) is 50.1 Å². The molecule has 5 nitrogen and oxygen atoms in total. The lowest BCUT2D eigenvalue weighted by molar-refractivity contribution is -0.135. The standard InChI is InChI=1S/C21H32N2O3/c1-17-7-9-18(10-8-17)5-3-6-20(24)23-14-11-19(12-15-23)21(25)22-13-4-16-26-2/h7-10,19H,3-6,11-16H2,1-2H3,(H,22,25). The third-order valence-corrected chi connectivity index (χ3v) is 5.02. The van der Waals surface area contributed by atoms with Crippen LogP contribution in [0.5, 0.6) is 0 Å². The van der Waals surface area contributed by atoms with Gasteiger partial charge in [-0.3, -0.25) is 9.59 Å². The zero-order valence-electron chi connectivity index (χ0n) is 16.1. The van der Waals surface area contributed by atoms with E-state index in [1.165, 1.54) is 11.1 Å². The van der Waals surface area contributed by atoms with Crippen LogP contribution >= 0.6 is 0 Å². The molecule has 2 rings (SSSR count). The molecule has 1 aliphatic heterocycles. The van der Waals surface area contributed by atoms with Crippen LogP contribution in [-0.2, 0) is 20.7 Å². The second-order valence-electron chi connectivity index (χ2n) is 7.13. The van der Waals surface area contributed by atoms with Crippen molar-refractivity contribution in [2.45, 2.75) is 45.4 Å². The van der Waals surface area contributed by atoms with Gasteiger partial charge in [-0.15, -0.1) is 0 Å². The SMILES string of the molecule is COCCCNC(=O)C1CCN(C(=O)CCCc2ccc(C)cc2)CC1. The number of carbonyl (C=O) groups excluding carboxylic acids is 2. The summed E-state index contributed by atoms with van der Waals surface area (Å²) in [4.78, 5) is 26.4. The number of nitrogens with zero attached hydrogens (tertiary/aromatic N) is 1. The summed E-state index contributed by atoms with van der Waals surface area (Å²) >= 11 is 0. The van der Waals surface area contributed by atoms with E-state index in [0.29, 0.717) is 32.7 Å². The molecule has 2 amide bonds. The molecule has 26 heavy (non-hydrogen) atoms. The van der Waals surface area contributed by atoms with Gasteiger partial charge in [0.25, 0.3) is 0 Å². The average Bonchev–Trinajstić information content (AvgIpc) is 2.66. The highest BCUT2D eigenvalue weighted by atomic mass is 16.5. The van der Waals surface area contributed by atoms with Crippen molar-refractivity contribution >= 4 is 11.8 Å². The molecular weight excluding hydrogens is 328 g/mol. The van der Waals surface area contributed by atoms with E-state index in [4.69, 9.17) is 4.74 Å². The number of benzene rings is 1. The van der Waals surface area contributed by atoms with E-state index >= 15 is 0 Å². The third-order valence-electron chi connectivity index (χ3n) is 5.02. The highest BCUT2D eigenvalue weighted by Crippen LogP contribution is 2.18. The van der Waals surface area contributed by atoms with Gasteiger partial charge in [0, 0.05) is 45.7 Å². The Bertz CT molecular complexity index is 563. The van der Waals surface area contributed by atoms with Crippen molar-refractivity contribution in [2.24, 2.45) is 5.92 Å². The number of likely N-dealkylation sites (tertiary alicyclic amines) is 1. The summed E-state index contributed by atoms with van der Waals surface area (Å²) in [5.41, 5.74) is 2.54. The topological polar surface area (TPSA) is 58.6 Å². The van der Waals surface area contributed by atoms with Crippen molar-refractivity contribution in [1.29, 1.82) is 0 Å². The van der Waals surface area contributed by atoms with Crippen molar-refractivity contribution < 1.29 is 14.3 Å². The van der Waals surface area contributed by atoms with Crippen molar-refractivity contribution in [3.05, 3.63) is 35.4 Å². The van der Waals surface area contributed by atoms with Gasteiger partial charge in [0.15, 0.2) is 0 Å². The number of hydrogen-bond acceptors (Lipinski definition) is 3. The molecule has 0 spiro atoms. The van der Waals surface area contributed by atoms with Gasteiger partial charge in [-0.25, -0.2) is 0 Å². The molecular formula is C21H32N2O3. The Balaban J connectivity index is 1.63. The normalized spacial score (nSPS) is 15.1. The van der Waals surface area contributed by atoms with Crippen molar-refractivity contribution in [2.75, 3.05) is 33.4 Å². The van der Waals surface area contributed by atoms with Crippen LogP contribution in [0, 0.1) is 12.8 Å². The van der Waals surface area contributed by atoms with Crippen LogP contribution in [0.15, 0.2) is 24.3 Å². The predicted octanol–water partition coefficient (Wildman–Crippen LogP) is 2.71. The molecule has 5 heteroatoms. The number of ether oxygens (including phenoxy) is 1.